The first-order valence-electron chi connectivity index (χ1n) is 5.61. The van der Waals surface area contributed by atoms with Crippen molar-refractivity contribution in [3.05, 3.63) is 22.7 Å². The maximum Gasteiger partial charge on any atom is 0.573 e. The fourth-order valence-electron chi connectivity index (χ4n) is 1.53. The van der Waals surface area contributed by atoms with E-state index in [4.69, 9.17) is 17.3 Å². The summed E-state index contributed by atoms with van der Waals surface area (Å²) in [4.78, 5) is 12.1. The van der Waals surface area contributed by atoms with Gasteiger partial charge in [0.05, 0.1) is 16.3 Å². The maximum atomic E-state index is 12.2. The van der Waals surface area contributed by atoms with E-state index in [-0.39, 0.29) is 5.56 Å². The number of carbonyl (C=O) groups excluding carboxylic acids is 1. The molecule has 1 aromatic carbocycles. The number of anilines is 1. The van der Waals surface area contributed by atoms with Crippen molar-refractivity contribution >= 4 is 23.2 Å². The zero-order valence-electron chi connectivity index (χ0n) is 10.8. The lowest BCUT2D eigenvalue weighted by molar-refractivity contribution is -0.274. The second-order valence-electron chi connectivity index (χ2n) is 4.24. The van der Waals surface area contributed by atoms with Gasteiger partial charge < -0.3 is 15.8 Å². The van der Waals surface area contributed by atoms with E-state index in [1.54, 1.807) is 0 Å². The monoisotopic (exact) mass is 336 g/mol. The number of hydrogen-bond donors (Lipinski definition) is 2. The molecule has 0 spiro atoms. The Kier molecular flexibility index (Phi) is 3.92. The van der Waals surface area contributed by atoms with Crippen LogP contribution in [0.4, 0.5) is 18.9 Å². The van der Waals surface area contributed by atoms with Crippen molar-refractivity contribution in [1.29, 1.82) is 0 Å². The molecule has 0 aromatic heterocycles. The van der Waals surface area contributed by atoms with Crippen molar-refractivity contribution in [3.63, 3.8) is 0 Å². The SMILES string of the molecule is CC1(NC(=O)c2ccc(OC(F)(F)F)c(N)c2Cl)N=NN=N1. The molecule has 22 heavy (non-hydrogen) atoms. The number of benzene rings is 1. The van der Waals surface area contributed by atoms with E-state index in [9.17, 15) is 18.0 Å². The molecule has 1 aliphatic rings. The lowest BCUT2D eigenvalue weighted by Crippen LogP contribution is -2.41. The summed E-state index contributed by atoms with van der Waals surface area (Å²) in [6, 6.07) is 1.91. The summed E-state index contributed by atoms with van der Waals surface area (Å²) >= 11 is 5.81. The van der Waals surface area contributed by atoms with Gasteiger partial charge in [-0.05, 0) is 22.6 Å². The molecule has 0 saturated heterocycles. The number of nitrogens with two attached hydrogens (primary N) is 1. The molecule has 8 nitrogen and oxygen atoms in total. The number of rotatable bonds is 3. The Morgan fingerprint density at radius 3 is 2.50 bits per heavy atom. The number of nitrogens with one attached hydrogen (secondary N) is 1. The van der Waals surface area contributed by atoms with Crippen molar-refractivity contribution in [2.75, 3.05) is 5.73 Å². The Morgan fingerprint density at radius 2 is 1.95 bits per heavy atom. The van der Waals surface area contributed by atoms with Crippen LogP contribution in [0.15, 0.2) is 32.8 Å². The minimum Gasteiger partial charge on any atom is -0.404 e. The number of ether oxygens (including phenoxy) is 1. The highest BCUT2D eigenvalue weighted by atomic mass is 35.5. The zero-order valence-corrected chi connectivity index (χ0v) is 11.6. The van der Waals surface area contributed by atoms with Crippen LogP contribution >= 0.6 is 11.6 Å². The minimum absolute atomic E-state index is 0.174. The summed E-state index contributed by atoms with van der Waals surface area (Å²) in [5.74, 6) is -2.88. The largest absolute Gasteiger partial charge is 0.573 e. The smallest absolute Gasteiger partial charge is 0.404 e. The van der Waals surface area contributed by atoms with Crippen LogP contribution in [0.1, 0.15) is 17.3 Å². The summed E-state index contributed by atoms with van der Waals surface area (Å²) < 4.78 is 40.3. The fourth-order valence-corrected chi connectivity index (χ4v) is 1.77. The molecule has 0 saturated carbocycles. The molecule has 0 aliphatic carbocycles. The van der Waals surface area contributed by atoms with E-state index < -0.39 is 34.5 Å². The topological polar surface area (TPSA) is 114 Å². The third kappa shape index (κ3) is 3.42. The van der Waals surface area contributed by atoms with Crippen molar-refractivity contribution in [1.82, 2.24) is 5.32 Å². The lowest BCUT2D eigenvalue weighted by Gasteiger charge is -2.17. The van der Waals surface area contributed by atoms with Crippen molar-refractivity contribution in [3.8, 4) is 5.75 Å². The van der Waals surface area contributed by atoms with E-state index >= 15 is 0 Å². The van der Waals surface area contributed by atoms with Crippen LogP contribution in [-0.4, -0.2) is 18.1 Å². The Bertz CT molecular complexity index is 663. The molecule has 2 rings (SSSR count). The molecule has 0 bridgehead atoms. The van der Waals surface area contributed by atoms with E-state index in [0.29, 0.717) is 0 Å². The van der Waals surface area contributed by atoms with Gasteiger partial charge in [0.2, 0.25) is 0 Å². The van der Waals surface area contributed by atoms with Gasteiger partial charge in [-0.1, -0.05) is 11.6 Å². The van der Waals surface area contributed by atoms with Crippen molar-refractivity contribution in [2.45, 2.75) is 19.1 Å². The molecule has 0 atom stereocenters. The number of carbonyl (C=O) groups is 1. The van der Waals surface area contributed by atoms with Crippen LogP contribution in [0.25, 0.3) is 0 Å². The third-order valence-electron chi connectivity index (χ3n) is 2.48. The third-order valence-corrected chi connectivity index (χ3v) is 2.89. The van der Waals surface area contributed by atoms with Gasteiger partial charge in [0.15, 0.2) is 5.75 Å². The molecule has 0 unspecified atom stereocenters. The highest BCUT2D eigenvalue weighted by Gasteiger charge is 2.34. The second-order valence-corrected chi connectivity index (χ2v) is 4.62. The van der Waals surface area contributed by atoms with Gasteiger partial charge in [0, 0.05) is 6.92 Å². The van der Waals surface area contributed by atoms with Crippen LogP contribution in [0.2, 0.25) is 5.02 Å². The first kappa shape index (κ1) is 15.9. The highest BCUT2D eigenvalue weighted by Crippen LogP contribution is 2.36. The normalized spacial score (nSPS) is 15.9. The number of alkyl halides is 3. The summed E-state index contributed by atoms with van der Waals surface area (Å²) in [5, 5.41) is 15.6. The molecule has 12 heteroatoms. The standard InChI is InChI=1S/C10H8ClF3N6O2/c1-9(17-19-20-18-9)16-8(21)4-2-3-5(7(15)6(4)11)22-10(12,13)14/h2-3H,15H2,1H3,(H,16,21). The number of nitrogens with zero attached hydrogens (tertiary/aromatic N) is 4. The minimum atomic E-state index is -4.93. The fraction of sp³-hybridized carbons (Fsp3) is 0.300. The molecule has 1 aliphatic heterocycles. The Hall–Kier alpha value is -2.43. The summed E-state index contributed by atoms with van der Waals surface area (Å²) in [6.07, 6.45) is -4.93. The number of halogens is 4. The summed E-state index contributed by atoms with van der Waals surface area (Å²) in [7, 11) is 0. The molecule has 1 heterocycles. The molecule has 3 N–H and O–H groups in total. The van der Waals surface area contributed by atoms with Crippen LogP contribution in [0.3, 0.4) is 0 Å². The number of nitrogen functional groups attached to an aromatic ring is 1. The number of amides is 1. The van der Waals surface area contributed by atoms with E-state index in [1.807, 2.05) is 0 Å². The molecular formula is C10H8ClF3N6O2. The van der Waals surface area contributed by atoms with Gasteiger partial charge in [-0.25, -0.2) is 0 Å². The Labute approximate surface area is 126 Å². The van der Waals surface area contributed by atoms with E-state index in [2.05, 4.69) is 30.7 Å². The van der Waals surface area contributed by atoms with E-state index in [1.165, 1.54) is 6.92 Å². The lowest BCUT2D eigenvalue weighted by atomic mass is 10.1. The predicted molar refractivity (Wildman–Crippen MR) is 68.1 cm³/mol. The Balaban J connectivity index is 2.25. The van der Waals surface area contributed by atoms with Crippen LogP contribution < -0.4 is 15.8 Å². The average Bonchev–Trinajstić information content (AvgIpc) is 2.80. The van der Waals surface area contributed by atoms with Gasteiger partial charge in [-0.3, -0.25) is 4.79 Å². The van der Waals surface area contributed by atoms with Crippen LogP contribution in [0, 0.1) is 0 Å². The predicted octanol–water partition coefficient (Wildman–Crippen LogP) is 3.06. The molecular weight excluding hydrogens is 329 g/mol. The van der Waals surface area contributed by atoms with Gasteiger partial charge in [0.25, 0.3) is 11.7 Å². The first-order valence-corrected chi connectivity index (χ1v) is 5.99. The number of hydrogen-bond acceptors (Lipinski definition) is 7. The van der Waals surface area contributed by atoms with Crippen molar-refractivity contribution in [2.24, 2.45) is 20.7 Å². The molecule has 0 radical (unpaired) electrons. The average molecular weight is 337 g/mol. The summed E-state index contributed by atoms with van der Waals surface area (Å²) in [6.45, 7) is 1.41. The summed E-state index contributed by atoms with van der Waals surface area (Å²) in [5.41, 5.74) is 4.75. The van der Waals surface area contributed by atoms with Gasteiger partial charge >= 0.3 is 6.36 Å². The molecule has 0 fully saturated rings. The second kappa shape index (κ2) is 5.40. The quantitative estimate of drug-likeness (QED) is 0.826. The molecule has 1 amide bonds. The zero-order chi connectivity index (χ0) is 16.5. The van der Waals surface area contributed by atoms with Crippen LogP contribution in [-0.2, 0) is 0 Å². The highest BCUT2D eigenvalue weighted by molar-refractivity contribution is 6.36. The molecule has 118 valence electrons. The molecule has 1 aromatic rings. The maximum absolute atomic E-state index is 12.2. The Morgan fingerprint density at radius 1 is 1.36 bits per heavy atom. The van der Waals surface area contributed by atoms with E-state index in [0.717, 1.165) is 12.1 Å². The first-order chi connectivity index (χ1) is 10.1. The van der Waals surface area contributed by atoms with Crippen molar-refractivity contribution < 1.29 is 22.7 Å². The van der Waals surface area contributed by atoms with Gasteiger partial charge in [0.1, 0.15) is 0 Å². The van der Waals surface area contributed by atoms with Crippen LogP contribution in [0.5, 0.6) is 5.75 Å². The van der Waals surface area contributed by atoms with Gasteiger partial charge in [-0.15, -0.1) is 23.4 Å². The van der Waals surface area contributed by atoms with Gasteiger partial charge in [-0.2, -0.15) is 0 Å².